The van der Waals surface area contributed by atoms with Gasteiger partial charge in [0.2, 0.25) is 0 Å². The summed E-state index contributed by atoms with van der Waals surface area (Å²) >= 11 is 0. The molecule has 0 aliphatic rings. The molecule has 0 aliphatic carbocycles. The molecule has 0 atom stereocenters. The average Bonchev–Trinajstić information content (AvgIpc) is 2.70. The van der Waals surface area contributed by atoms with Gasteiger partial charge in [0.1, 0.15) is 0 Å². The molecule has 1 aromatic rings. The molecule has 0 N–H and O–H groups in total. The van der Waals surface area contributed by atoms with E-state index in [1.807, 2.05) is 10.9 Å². The number of nitrogens with zero attached hydrogens (tertiary/aromatic N) is 4. The number of rotatable bonds is 9. The van der Waals surface area contributed by atoms with Crippen LogP contribution in [-0.4, -0.2) is 46.2 Å². The van der Waals surface area contributed by atoms with Gasteiger partial charge in [0, 0.05) is 32.4 Å². The first-order valence-corrected chi connectivity index (χ1v) is 7.16. The molecule has 0 radical (unpaired) electrons. The number of ether oxygens (including phenoxy) is 1. The van der Waals surface area contributed by atoms with Crippen molar-refractivity contribution >= 4 is 0 Å². The maximum Gasteiger partial charge on any atom is 0.0967 e. The zero-order valence-electron chi connectivity index (χ0n) is 13.0. The standard InChI is InChI=1S/C14H28N4O/c1-12(2)9-17(5)10-14-11-18(16-15-14)7-6-8-19-13(3)4/h11-13H,6-10H2,1-5H3. The zero-order valence-corrected chi connectivity index (χ0v) is 13.0. The fourth-order valence-corrected chi connectivity index (χ4v) is 2.03. The van der Waals surface area contributed by atoms with Crippen LogP contribution < -0.4 is 0 Å². The maximum absolute atomic E-state index is 5.51. The summed E-state index contributed by atoms with van der Waals surface area (Å²) in [5, 5.41) is 8.36. The van der Waals surface area contributed by atoms with Crippen molar-refractivity contribution in [3.63, 3.8) is 0 Å². The first-order chi connectivity index (χ1) is 8.97. The average molecular weight is 268 g/mol. The second kappa shape index (κ2) is 8.27. The van der Waals surface area contributed by atoms with E-state index in [-0.39, 0.29) is 0 Å². The zero-order chi connectivity index (χ0) is 14.3. The molecule has 0 saturated carbocycles. The second-order valence-corrected chi connectivity index (χ2v) is 5.84. The van der Waals surface area contributed by atoms with Crippen molar-refractivity contribution in [2.75, 3.05) is 20.2 Å². The van der Waals surface area contributed by atoms with E-state index in [0.717, 1.165) is 38.4 Å². The van der Waals surface area contributed by atoms with Crippen LogP contribution in [0, 0.1) is 5.92 Å². The highest BCUT2D eigenvalue weighted by atomic mass is 16.5. The topological polar surface area (TPSA) is 43.2 Å². The highest BCUT2D eigenvalue weighted by Crippen LogP contribution is 2.03. The quantitative estimate of drug-likeness (QED) is 0.644. The Balaban J connectivity index is 2.28. The number of aromatic nitrogens is 3. The Labute approximate surface area is 116 Å². The van der Waals surface area contributed by atoms with Crippen LogP contribution >= 0.6 is 0 Å². The Hall–Kier alpha value is -0.940. The first kappa shape index (κ1) is 16.1. The van der Waals surface area contributed by atoms with Crippen molar-refractivity contribution in [3.8, 4) is 0 Å². The Bertz CT molecular complexity index is 349. The molecular weight excluding hydrogens is 240 g/mol. The molecule has 110 valence electrons. The van der Waals surface area contributed by atoms with Crippen molar-refractivity contribution < 1.29 is 4.74 Å². The summed E-state index contributed by atoms with van der Waals surface area (Å²) in [6.07, 6.45) is 3.31. The lowest BCUT2D eigenvalue weighted by Gasteiger charge is -2.16. The lowest BCUT2D eigenvalue weighted by Crippen LogP contribution is -2.22. The smallest absolute Gasteiger partial charge is 0.0967 e. The van der Waals surface area contributed by atoms with E-state index in [1.54, 1.807) is 0 Å². The summed E-state index contributed by atoms with van der Waals surface area (Å²) in [5.74, 6) is 0.674. The molecule has 0 aromatic carbocycles. The van der Waals surface area contributed by atoms with E-state index < -0.39 is 0 Å². The third kappa shape index (κ3) is 7.28. The largest absolute Gasteiger partial charge is 0.379 e. The highest BCUT2D eigenvalue weighted by Gasteiger charge is 2.06. The van der Waals surface area contributed by atoms with Gasteiger partial charge in [0.05, 0.1) is 11.8 Å². The molecule has 5 heteroatoms. The van der Waals surface area contributed by atoms with Crippen LogP contribution in [0.2, 0.25) is 0 Å². The monoisotopic (exact) mass is 268 g/mol. The van der Waals surface area contributed by atoms with Crippen LogP contribution in [0.5, 0.6) is 0 Å². The van der Waals surface area contributed by atoms with Gasteiger partial charge in [-0.15, -0.1) is 5.10 Å². The van der Waals surface area contributed by atoms with E-state index >= 15 is 0 Å². The molecule has 0 amide bonds. The lowest BCUT2D eigenvalue weighted by atomic mass is 10.2. The minimum Gasteiger partial charge on any atom is -0.379 e. The Morgan fingerprint density at radius 3 is 2.68 bits per heavy atom. The third-order valence-electron chi connectivity index (χ3n) is 2.68. The molecule has 1 rings (SSSR count). The lowest BCUT2D eigenvalue weighted by molar-refractivity contribution is 0.0742. The van der Waals surface area contributed by atoms with Crippen molar-refractivity contribution in [2.24, 2.45) is 5.92 Å². The Morgan fingerprint density at radius 2 is 2.05 bits per heavy atom. The molecule has 19 heavy (non-hydrogen) atoms. The molecule has 0 aliphatic heterocycles. The number of hydrogen-bond acceptors (Lipinski definition) is 4. The van der Waals surface area contributed by atoms with E-state index in [9.17, 15) is 0 Å². The van der Waals surface area contributed by atoms with Crippen molar-refractivity contribution in [3.05, 3.63) is 11.9 Å². The van der Waals surface area contributed by atoms with Crippen LogP contribution in [0.1, 0.15) is 39.8 Å². The Morgan fingerprint density at radius 1 is 1.32 bits per heavy atom. The van der Waals surface area contributed by atoms with Crippen LogP contribution in [-0.2, 0) is 17.8 Å². The van der Waals surface area contributed by atoms with Gasteiger partial charge in [0.25, 0.3) is 0 Å². The molecule has 0 fully saturated rings. The minimum atomic E-state index is 0.302. The van der Waals surface area contributed by atoms with Crippen LogP contribution in [0.25, 0.3) is 0 Å². The molecule has 0 spiro atoms. The number of aryl methyl sites for hydroxylation is 1. The predicted octanol–water partition coefficient (Wildman–Crippen LogP) is 2.18. The molecular formula is C14H28N4O. The second-order valence-electron chi connectivity index (χ2n) is 5.84. The van der Waals surface area contributed by atoms with E-state index in [4.69, 9.17) is 4.74 Å². The summed E-state index contributed by atoms with van der Waals surface area (Å²) in [7, 11) is 2.12. The van der Waals surface area contributed by atoms with Gasteiger partial charge in [-0.2, -0.15) is 0 Å². The van der Waals surface area contributed by atoms with Gasteiger partial charge in [-0.25, -0.2) is 0 Å². The van der Waals surface area contributed by atoms with Crippen LogP contribution in [0.15, 0.2) is 6.20 Å². The molecule has 1 aromatic heterocycles. The van der Waals surface area contributed by atoms with Gasteiger partial charge in [0.15, 0.2) is 0 Å². The van der Waals surface area contributed by atoms with E-state index in [1.165, 1.54) is 0 Å². The van der Waals surface area contributed by atoms with E-state index in [2.05, 4.69) is 50.0 Å². The number of hydrogen-bond donors (Lipinski definition) is 0. The molecule has 0 unspecified atom stereocenters. The van der Waals surface area contributed by atoms with Crippen molar-refractivity contribution in [2.45, 2.75) is 53.3 Å². The molecule has 0 bridgehead atoms. The van der Waals surface area contributed by atoms with Gasteiger partial charge >= 0.3 is 0 Å². The summed E-state index contributed by atoms with van der Waals surface area (Å²) in [6, 6.07) is 0. The summed E-state index contributed by atoms with van der Waals surface area (Å²) in [5.41, 5.74) is 1.04. The molecule has 0 saturated heterocycles. The molecule has 1 heterocycles. The fraction of sp³-hybridized carbons (Fsp3) is 0.857. The van der Waals surface area contributed by atoms with E-state index in [0.29, 0.717) is 12.0 Å². The Kier molecular flexibility index (Phi) is 7.02. The predicted molar refractivity (Wildman–Crippen MR) is 76.9 cm³/mol. The van der Waals surface area contributed by atoms with Gasteiger partial charge in [-0.1, -0.05) is 19.1 Å². The summed E-state index contributed by atoms with van der Waals surface area (Å²) < 4.78 is 7.41. The highest BCUT2D eigenvalue weighted by molar-refractivity contribution is 4.91. The normalized spacial score (nSPS) is 12.0. The molecule has 5 nitrogen and oxygen atoms in total. The first-order valence-electron chi connectivity index (χ1n) is 7.16. The third-order valence-corrected chi connectivity index (χ3v) is 2.68. The fourth-order valence-electron chi connectivity index (χ4n) is 2.03. The van der Waals surface area contributed by atoms with Gasteiger partial charge in [-0.3, -0.25) is 4.68 Å². The van der Waals surface area contributed by atoms with Crippen LogP contribution in [0.3, 0.4) is 0 Å². The van der Waals surface area contributed by atoms with Crippen molar-refractivity contribution in [1.29, 1.82) is 0 Å². The van der Waals surface area contributed by atoms with Crippen molar-refractivity contribution in [1.82, 2.24) is 19.9 Å². The van der Waals surface area contributed by atoms with Gasteiger partial charge < -0.3 is 9.64 Å². The summed E-state index contributed by atoms with van der Waals surface area (Å²) in [4.78, 5) is 2.28. The van der Waals surface area contributed by atoms with Gasteiger partial charge in [-0.05, 0) is 33.2 Å². The maximum atomic E-state index is 5.51. The minimum absolute atomic E-state index is 0.302. The summed E-state index contributed by atoms with van der Waals surface area (Å²) in [6.45, 7) is 12.1. The van der Waals surface area contributed by atoms with Crippen LogP contribution in [0.4, 0.5) is 0 Å². The SMILES string of the molecule is CC(C)CN(C)Cc1cn(CCCOC(C)C)nn1.